The predicted octanol–water partition coefficient (Wildman–Crippen LogP) is 2.87. The van der Waals surface area contributed by atoms with E-state index in [1.165, 1.54) is 18.1 Å². The number of H-pyrrole nitrogens is 1. The van der Waals surface area contributed by atoms with Crippen LogP contribution in [0.3, 0.4) is 0 Å². The second kappa shape index (κ2) is 7.31. The lowest BCUT2D eigenvalue weighted by Crippen LogP contribution is -2.25. The fourth-order valence-corrected chi connectivity index (χ4v) is 3.23. The van der Waals surface area contributed by atoms with Crippen molar-refractivity contribution < 1.29 is 9.53 Å². The molecular weight excluding hydrogens is 326 g/mol. The van der Waals surface area contributed by atoms with Gasteiger partial charge in [0.2, 0.25) is 5.91 Å². The Labute approximate surface area is 143 Å². The molecule has 0 aliphatic rings. The Morgan fingerprint density at radius 1 is 1.33 bits per heavy atom. The molecule has 0 saturated carbocycles. The van der Waals surface area contributed by atoms with Gasteiger partial charge in [-0.15, -0.1) is 0 Å². The number of carbonyl (C=O) groups is 1. The average Bonchev–Trinajstić information content (AvgIpc) is 3.09. The van der Waals surface area contributed by atoms with Gasteiger partial charge in [-0.3, -0.25) is 4.79 Å². The number of hydrogen-bond donors (Lipinski definition) is 2. The van der Waals surface area contributed by atoms with Crippen LogP contribution < -0.4 is 10.1 Å². The summed E-state index contributed by atoms with van der Waals surface area (Å²) >= 11 is 1.39. The number of methoxy groups -OCH3 is 1. The maximum atomic E-state index is 12.6. The summed E-state index contributed by atoms with van der Waals surface area (Å²) < 4.78 is 5.27. The van der Waals surface area contributed by atoms with Gasteiger partial charge in [-0.05, 0) is 18.6 Å². The number of nitrogens with zero attached hydrogens (tertiary/aromatic N) is 3. The first-order chi connectivity index (χ1) is 11.7. The Hall–Kier alpha value is -2.61. The number of para-hydroxylation sites is 2. The van der Waals surface area contributed by atoms with Crippen molar-refractivity contribution in [3.8, 4) is 5.75 Å². The summed E-state index contributed by atoms with van der Waals surface area (Å²) in [6.07, 6.45) is 3.68. The lowest BCUT2D eigenvalue weighted by molar-refractivity contribution is -0.115. The minimum atomic E-state index is -0.295. The number of amides is 1. The highest BCUT2D eigenvalue weighted by molar-refractivity contribution is 8.00. The molecule has 1 amide bonds. The number of aromatic nitrogens is 4. The van der Waals surface area contributed by atoms with Gasteiger partial charge < -0.3 is 15.0 Å². The van der Waals surface area contributed by atoms with Crippen LogP contribution in [-0.2, 0) is 4.79 Å². The van der Waals surface area contributed by atoms with Crippen LogP contribution in [0.2, 0.25) is 0 Å². The maximum absolute atomic E-state index is 12.6. The number of fused-ring (bicyclic) bond motifs is 1. The van der Waals surface area contributed by atoms with Crippen LogP contribution in [0.5, 0.6) is 5.75 Å². The molecule has 0 spiro atoms. The maximum Gasteiger partial charge on any atom is 0.238 e. The largest absolute Gasteiger partial charge is 0.495 e. The van der Waals surface area contributed by atoms with Gasteiger partial charge in [0.1, 0.15) is 22.6 Å². The van der Waals surface area contributed by atoms with Gasteiger partial charge in [-0.2, -0.15) is 0 Å². The van der Waals surface area contributed by atoms with Crippen molar-refractivity contribution in [2.45, 2.75) is 23.6 Å². The molecule has 3 aromatic rings. The zero-order valence-electron chi connectivity index (χ0n) is 13.3. The van der Waals surface area contributed by atoms with Crippen LogP contribution in [0.15, 0.2) is 41.9 Å². The van der Waals surface area contributed by atoms with E-state index in [1.807, 2.05) is 31.2 Å². The van der Waals surface area contributed by atoms with Crippen molar-refractivity contribution in [1.82, 2.24) is 19.9 Å². The van der Waals surface area contributed by atoms with E-state index in [2.05, 4.69) is 25.3 Å². The molecule has 0 unspecified atom stereocenters. The van der Waals surface area contributed by atoms with E-state index in [-0.39, 0.29) is 11.2 Å². The standard InChI is InChI=1S/C16H17N5O2S/c1-3-12(15(22)21-10-6-4-5-7-11(10)23-2)24-16-13-14(18-8-17-13)19-9-20-16/h4-9,12H,3H2,1-2H3,(H,21,22)(H,17,18,19,20)/t12-/m1/s1. The third kappa shape index (κ3) is 3.33. The number of imidazole rings is 1. The Morgan fingerprint density at radius 3 is 2.96 bits per heavy atom. The number of hydrogen-bond acceptors (Lipinski definition) is 6. The normalized spacial score (nSPS) is 12.1. The summed E-state index contributed by atoms with van der Waals surface area (Å²) in [6.45, 7) is 1.96. The van der Waals surface area contributed by atoms with E-state index in [0.717, 1.165) is 5.52 Å². The van der Waals surface area contributed by atoms with Gasteiger partial charge >= 0.3 is 0 Å². The topological polar surface area (TPSA) is 92.8 Å². The molecule has 0 radical (unpaired) electrons. The van der Waals surface area contributed by atoms with E-state index in [4.69, 9.17) is 4.74 Å². The second-order valence-corrected chi connectivity index (χ2v) is 6.18. The van der Waals surface area contributed by atoms with Crippen LogP contribution in [0.4, 0.5) is 5.69 Å². The molecule has 2 aromatic heterocycles. The van der Waals surface area contributed by atoms with E-state index >= 15 is 0 Å². The van der Waals surface area contributed by atoms with Gasteiger partial charge in [0.05, 0.1) is 24.4 Å². The Balaban J connectivity index is 1.78. The molecule has 1 atom stereocenters. The molecule has 8 heteroatoms. The monoisotopic (exact) mass is 343 g/mol. The average molecular weight is 343 g/mol. The minimum Gasteiger partial charge on any atom is -0.495 e. The van der Waals surface area contributed by atoms with Gasteiger partial charge in [0, 0.05) is 0 Å². The Kier molecular flexibility index (Phi) is 4.95. The van der Waals surface area contributed by atoms with E-state index in [1.54, 1.807) is 13.4 Å². The molecule has 0 aliphatic carbocycles. The predicted molar refractivity (Wildman–Crippen MR) is 93.2 cm³/mol. The minimum absolute atomic E-state index is 0.0988. The third-order valence-electron chi connectivity index (χ3n) is 3.47. The fourth-order valence-electron chi connectivity index (χ4n) is 2.25. The lowest BCUT2D eigenvalue weighted by Gasteiger charge is -2.16. The molecule has 2 heterocycles. The van der Waals surface area contributed by atoms with Crippen molar-refractivity contribution in [3.05, 3.63) is 36.9 Å². The number of aromatic amines is 1. The molecule has 24 heavy (non-hydrogen) atoms. The van der Waals surface area contributed by atoms with E-state index in [0.29, 0.717) is 28.5 Å². The molecule has 7 nitrogen and oxygen atoms in total. The van der Waals surface area contributed by atoms with Crippen LogP contribution in [0.1, 0.15) is 13.3 Å². The number of carbonyl (C=O) groups excluding carboxylic acids is 1. The molecule has 3 rings (SSSR count). The fraction of sp³-hybridized carbons (Fsp3) is 0.250. The molecule has 0 saturated heterocycles. The van der Waals surface area contributed by atoms with Crippen molar-refractivity contribution in [3.63, 3.8) is 0 Å². The van der Waals surface area contributed by atoms with Gasteiger partial charge in [0.25, 0.3) is 0 Å². The highest BCUT2D eigenvalue weighted by Crippen LogP contribution is 2.30. The molecule has 0 fully saturated rings. The molecular formula is C16H17N5O2S. The molecule has 0 aliphatic heterocycles. The van der Waals surface area contributed by atoms with Crippen molar-refractivity contribution in [2.75, 3.05) is 12.4 Å². The smallest absolute Gasteiger partial charge is 0.238 e. The number of anilines is 1. The molecule has 1 aromatic carbocycles. The third-order valence-corrected chi connectivity index (χ3v) is 4.83. The summed E-state index contributed by atoms with van der Waals surface area (Å²) in [5.41, 5.74) is 1.98. The highest BCUT2D eigenvalue weighted by atomic mass is 32.2. The van der Waals surface area contributed by atoms with Gasteiger partial charge in [0.15, 0.2) is 5.65 Å². The van der Waals surface area contributed by atoms with Gasteiger partial charge in [-0.1, -0.05) is 30.8 Å². The molecule has 0 bridgehead atoms. The summed E-state index contributed by atoms with van der Waals surface area (Å²) in [5.74, 6) is 0.530. The number of benzene rings is 1. The number of ether oxygens (including phenoxy) is 1. The van der Waals surface area contributed by atoms with Crippen molar-refractivity contribution in [1.29, 1.82) is 0 Å². The first kappa shape index (κ1) is 16.3. The lowest BCUT2D eigenvalue weighted by atomic mass is 10.2. The zero-order chi connectivity index (χ0) is 16.9. The molecule has 2 N–H and O–H groups in total. The summed E-state index contributed by atoms with van der Waals surface area (Å²) in [5, 5.41) is 3.33. The SMILES string of the molecule is CC[C@@H](Sc1ncnc2nc[nH]c12)C(=O)Nc1ccccc1OC. The van der Waals surface area contributed by atoms with E-state index in [9.17, 15) is 4.79 Å². The first-order valence-corrected chi connectivity index (χ1v) is 8.35. The summed E-state index contributed by atoms with van der Waals surface area (Å²) in [6, 6.07) is 7.33. The Bertz CT molecular complexity index is 851. The van der Waals surface area contributed by atoms with E-state index < -0.39 is 0 Å². The number of rotatable bonds is 6. The Morgan fingerprint density at radius 2 is 2.17 bits per heavy atom. The second-order valence-electron chi connectivity index (χ2n) is 4.98. The molecule has 124 valence electrons. The number of thioether (sulfide) groups is 1. The first-order valence-electron chi connectivity index (χ1n) is 7.47. The quantitative estimate of drug-likeness (QED) is 0.528. The van der Waals surface area contributed by atoms with Crippen molar-refractivity contribution in [2.24, 2.45) is 0 Å². The zero-order valence-corrected chi connectivity index (χ0v) is 14.1. The summed E-state index contributed by atoms with van der Waals surface area (Å²) in [7, 11) is 1.58. The van der Waals surface area contributed by atoms with Crippen LogP contribution in [0, 0.1) is 0 Å². The van der Waals surface area contributed by atoms with Crippen molar-refractivity contribution >= 4 is 34.5 Å². The highest BCUT2D eigenvalue weighted by Gasteiger charge is 2.21. The van der Waals surface area contributed by atoms with Gasteiger partial charge in [-0.25, -0.2) is 15.0 Å². The summed E-state index contributed by atoms with van der Waals surface area (Å²) in [4.78, 5) is 28.1. The van der Waals surface area contributed by atoms with Crippen LogP contribution in [0.25, 0.3) is 11.2 Å². The number of nitrogens with one attached hydrogen (secondary N) is 2. The van der Waals surface area contributed by atoms with Crippen LogP contribution in [-0.4, -0.2) is 38.2 Å². The van der Waals surface area contributed by atoms with Crippen LogP contribution >= 0.6 is 11.8 Å².